The maximum absolute atomic E-state index is 10.2. The van der Waals surface area contributed by atoms with Gasteiger partial charge >= 0.3 is 11.9 Å². The smallest absolute Gasteiger partial charge is 0.303 e. The molecule has 108 valence electrons. The summed E-state index contributed by atoms with van der Waals surface area (Å²) in [6, 6.07) is 0. The molecule has 0 aromatic heterocycles. The first kappa shape index (κ1) is 19.2. The molecule has 0 aromatic carbocycles. The highest BCUT2D eigenvalue weighted by molar-refractivity contribution is 5.66. The number of rotatable bonds is 8. The second-order valence-corrected chi connectivity index (χ2v) is 5.02. The number of carboxylic acids is 2. The molecule has 0 rings (SSSR count). The van der Waals surface area contributed by atoms with E-state index in [-0.39, 0.29) is 12.8 Å². The molecule has 0 spiro atoms. The first-order valence-corrected chi connectivity index (χ1v) is 6.30. The van der Waals surface area contributed by atoms with Crippen LogP contribution in [0.5, 0.6) is 0 Å². The summed E-state index contributed by atoms with van der Waals surface area (Å²) in [5.74, 6) is -1.15. The van der Waals surface area contributed by atoms with Gasteiger partial charge in [0.1, 0.15) is 0 Å². The van der Waals surface area contributed by atoms with Crippen molar-refractivity contribution in [2.24, 2.45) is 5.92 Å². The van der Waals surface area contributed by atoms with Crippen LogP contribution in [-0.4, -0.2) is 48.2 Å². The van der Waals surface area contributed by atoms with E-state index in [9.17, 15) is 9.59 Å². The molecule has 0 saturated heterocycles. The van der Waals surface area contributed by atoms with Gasteiger partial charge in [0.15, 0.2) is 0 Å². The predicted molar refractivity (Wildman–Crippen MR) is 71.7 cm³/mol. The summed E-state index contributed by atoms with van der Waals surface area (Å²) in [6.07, 6.45) is 3.58. The lowest BCUT2D eigenvalue weighted by Gasteiger charge is -2.08. The number of hydrogen-bond acceptors (Lipinski definition) is 3. The highest BCUT2D eigenvalue weighted by Crippen LogP contribution is 2.14. The summed E-state index contributed by atoms with van der Waals surface area (Å²) in [4.78, 5) is 22.4. The van der Waals surface area contributed by atoms with E-state index in [2.05, 4.69) is 0 Å². The van der Waals surface area contributed by atoms with Gasteiger partial charge in [-0.3, -0.25) is 9.59 Å². The van der Waals surface area contributed by atoms with Gasteiger partial charge in [-0.2, -0.15) is 0 Å². The maximum atomic E-state index is 10.2. The molecule has 0 amide bonds. The van der Waals surface area contributed by atoms with E-state index in [0.717, 1.165) is 12.8 Å². The molecule has 0 bridgehead atoms. The zero-order chi connectivity index (χ0) is 14.6. The molecular formula is C13H27NO4. The second-order valence-electron chi connectivity index (χ2n) is 5.02. The molecule has 0 fully saturated rings. The monoisotopic (exact) mass is 261 g/mol. The Morgan fingerprint density at radius 1 is 0.944 bits per heavy atom. The first-order chi connectivity index (χ1) is 8.25. The van der Waals surface area contributed by atoms with Crippen LogP contribution in [0.15, 0.2) is 0 Å². The molecule has 0 aliphatic rings. The molecule has 0 radical (unpaired) electrons. The zero-order valence-electron chi connectivity index (χ0n) is 12.0. The van der Waals surface area contributed by atoms with Gasteiger partial charge in [-0.1, -0.05) is 19.8 Å². The number of hydrogen-bond donors (Lipinski definition) is 2. The van der Waals surface area contributed by atoms with E-state index in [1.807, 2.05) is 33.0 Å². The van der Waals surface area contributed by atoms with Gasteiger partial charge in [0.05, 0.1) is 0 Å². The number of nitrogens with zero attached hydrogens (tertiary/aromatic N) is 1. The molecule has 18 heavy (non-hydrogen) atoms. The quantitative estimate of drug-likeness (QED) is 0.656. The van der Waals surface area contributed by atoms with E-state index in [1.54, 1.807) is 0 Å². The fraction of sp³-hybridized carbons (Fsp3) is 0.846. The Hall–Kier alpha value is -1.10. The van der Waals surface area contributed by atoms with Crippen LogP contribution >= 0.6 is 0 Å². The van der Waals surface area contributed by atoms with Crippen LogP contribution in [0.3, 0.4) is 0 Å². The van der Waals surface area contributed by atoms with Gasteiger partial charge < -0.3 is 15.1 Å². The van der Waals surface area contributed by atoms with E-state index in [1.165, 1.54) is 0 Å². The largest absolute Gasteiger partial charge is 0.481 e. The average molecular weight is 261 g/mol. The van der Waals surface area contributed by atoms with Gasteiger partial charge in [0.2, 0.25) is 0 Å². The molecule has 0 saturated carbocycles. The predicted octanol–water partition coefficient (Wildman–Crippen LogP) is 2.31. The fourth-order valence-corrected chi connectivity index (χ4v) is 1.28. The van der Waals surface area contributed by atoms with Crippen LogP contribution in [-0.2, 0) is 9.59 Å². The lowest BCUT2D eigenvalue weighted by atomic mass is 9.98. The molecule has 0 aliphatic heterocycles. The normalized spacial score (nSPS) is 11.6. The highest BCUT2D eigenvalue weighted by Gasteiger charge is 2.05. The zero-order valence-corrected chi connectivity index (χ0v) is 12.0. The Kier molecular flexibility index (Phi) is 13.2. The summed E-state index contributed by atoms with van der Waals surface area (Å²) in [6.45, 7) is 2.00. The van der Waals surface area contributed by atoms with Crippen LogP contribution in [0.2, 0.25) is 0 Å². The standard InChI is InChI=1S/C10H18O4.C3H9N/c1-8(6-7-10(13)14)4-2-3-5-9(11)12;1-4(2)3/h8H,2-7H2,1H3,(H,11,12)(H,13,14);1-3H3. The van der Waals surface area contributed by atoms with Gasteiger partial charge in [0.25, 0.3) is 0 Å². The van der Waals surface area contributed by atoms with Crippen molar-refractivity contribution in [3.8, 4) is 0 Å². The molecule has 5 nitrogen and oxygen atoms in total. The third-order valence-electron chi connectivity index (χ3n) is 2.19. The summed E-state index contributed by atoms with van der Waals surface area (Å²) >= 11 is 0. The van der Waals surface area contributed by atoms with E-state index >= 15 is 0 Å². The Bertz CT molecular complexity index is 226. The Morgan fingerprint density at radius 3 is 1.78 bits per heavy atom. The van der Waals surface area contributed by atoms with Crippen LogP contribution < -0.4 is 0 Å². The summed E-state index contributed by atoms with van der Waals surface area (Å²) in [5, 5.41) is 16.8. The number of aliphatic carboxylic acids is 2. The average Bonchev–Trinajstić information content (AvgIpc) is 2.20. The topological polar surface area (TPSA) is 77.8 Å². The molecule has 1 unspecified atom stereocenters. The lowest BCUT2D eigenvalue weighted by molar-refractivity contribution is -0.138. The van der Waals surface area contributed by atoms with Crippen LogP contribution in [0.25, 0.3) is 0 Å². The molecule has 0 aromatic rings. The summed E-state index contributed by atoms with van der Waals surface area (Å²) in [7, 11) is 6.00. The fourth-order valence-electron chi connectivity index (χ4n) is 1.28. The second kappa shape index (κ2) is 12.4. The summed E-state index contributed by atoms with van der Waals surface area (Å²) < 4.78 is 0. The Morgan fingerprint density at radius 2 is 1.39 bits per heavy atom. The number of unbranched alkanes of at least 4 members (excludes halogenated alkanes) is 1. The molecule has 2 N–H and O–H groups in total. The van der Waals surface area contributed by atoms with Gasteiger partial charge in [0, 0.05) is 12.8 Å². The lowest BCUT2D eigenvalue weighted by Crippen LogP contribution is -2.01. The van der Waals surface area contributed by atoms with Gasteiger partial charge in [-0.15, -0.1) is 0 Å². The van der Waals surface area contributed by atoms with Crippen molar-refractivity contribution in [1.82, 2.24) is 4.90 Å². The molecule has 1 atom stereocenters. The van der Waals surface area contributed by atoms with Crippen LogP contribution in [0.4, 0.5) is 0 Å². The minimum Gasteiger partial charge on any atom is -0.481 e. The Labute approximate surface area is 110 Å². The van der Waals surface area contributed by atoms with Crippen LogP contribution in [0, 0.1) is 5.92 Å². The Balaban J connectivity index is 0. The first-order valence-electron chi connectivity index (χ1n) is 6.30. The van der Waals surface area contributed by atoms with Crippen molar-refractivity contribution in [2.75, 3.05) is 21.1 Å². The summed E-state index contributed by atoms with van der Waals surface area (Å²) in [5.41, 5.74) is 0. The van der Waals surface area contributed by atoms with Crippen LogP contribution in [0.1, 0.15) is 45.4 Å². The van der Waals surface area contributed by atoms with Crippen molar-refractivity contribution in [3.63, 3.8) is 0 Å². The van der Waals surface area contributed by atoms with Gasteiger partial charge in [-0.25, -0.2) is 0 Å². The maximum Gasteiger partial charge on any atom is 0.303 e. The third-order valence-corrected chi connectivity index (χ3v) is 2.19. The number of carboxylic acid groups (broad SMARTS) is 2. The van der Waals surface area contributed by atoms with Crippen molar-refractivity contribution in [1.29, 1.82) is 0 Å². The van der Waals surface area contributed by atoms with Crippen molar-refractivity contribution >= 4 is 11.9 Å². The van der Waals surface area contributed by atoms with Crippen molar-refractivity contribution in [3.05, 3.63) is 0 Å². The molecule has 0 aliphatic carbocycles. The van der Waals surface area contributed by atoms with Crippen molar-refractivity contribution in [2.45, 2.75) is 45.4 Å². The molecule has 0 heterocycles. The van der Waals surface area contributed by atoms with E-state index < -0.39 is 11.9 Å². The molecular weight excluding hydrogens is 234 g/mol. The minimum atomic E-state index is -0.762. The minimum absolute atomic E-state index is 0.208. The van der Waals surface area contributed by atoms with E-state index in [0.29, 0.717) is 18.8 Å². The van der Waals surface area contributed by atoms with Gasteiger partial charge in [-0.05, 0) is 39.9 Å². The SMILES string of the molecule is CC(CCCCC(=O)O)CCC(=O)O.CN(C)C. The van der Waals surface area contributed by atoms with E-state index in [4.69, 9.17) is 10.2 Å². The third kappa shape index (κ3) is 24.2. The molecule has 5 heteroatoms. The number of carbonyl (C=O) groups is 2. The highest BCUT2D eigenvalue weighted by atomic mass is 16.4. The van der Waals surface area contributed by atoms with Crippen molar-refractivity contribution < 1.29 is 19.8 Å².